The van der Waals surface area contributed by atoms with Crippen molar-refractivity contribution in [2.45, 2.75) is 46.5 Å². The fourth-order valence-corrected chi connectivity index (χ4v) is 1.77. The second kappa shape index (κ2) is 4.29. The van der Waals surface area contributed by atoms with Crippen LogP contribution >= 0.6 is 0 Å². The van der Waals surface area contributed by atoms with E-state index in [0.29, 0.717) is 6.42 Å². The van der Waals surface area contributed by atoms with Crippen molar-refractivity contribution in [2.24, 2.45) is 5.41 Å². The summed E-state index contributed by atoms with van der Waals surface area (Å²) in [5.41, 5.74) is 2.70. The Morgan fingerprint density at radius 2 is 1.62 bits per heavy atom. The van der Waals surface area contributed by atoms with E-state index in [9.17, 15) is 0 Å². The first kappa shape index (κ1) is 12.8. The first-order valence-electron chi connectivity index (χ1n) is 5.76. The fraction of sp³-hybridized carbons (Fsp3) is 0.533. The van der Waals surface area contributed by atoms with E-state index in [1.54, 1.807) is 0 Å². The Morgan fingerprint density at radius 3 is 2.12 bits per heavy atom. The molecule has 0 spiro atoms. The van der Waals surface area contributed by atoms with Gasteiger partial charge in [-0.25, -0.2) is 0 Å². The van der Waals surface area contributed by atoms with Gasteiger partial charge in [0.15, 0.2) is 0 Å². The molecule has 0 radical (unpaired) electrons. The molecule has 1 nitrogen and oxygen atoms in total. The average Bonchev–Trinajstić information content (AvgIpc) is 2.17. The average molecular weight is 215 g/mol. The van der Waals surface area contributed by atoms with Gasteiger partial charge in [0, 0.05) is 0 Å². The molecule has 0 amide bonds. The highest BCUT2D eigenvalue weighted by atomic mass is 14.4. The lowest BCUT2D eigenvalue weighted by atomic mass is 9.64. The van der Waals surface area contributed by atoms with E-state index in [2.05, 4.69) is 58.9 Å². The second-order valence-electron chi connectivity index (χ2n) is 5.87. The van der Waals surface area contributed by atoms with E-state index in [1.807, 2.05) is 6.07 Å². The highest BCUT2D eigenvalue weighted by molar-refractivity contribution is 5.36. The van der Waals surface area contributed by atoms with Crippen LogP contribution in [0.2, 0.25) is 0 Å². The van der Waals surface area contributed by atoms with Gasteiger partial charge in [0.25, 0.3) is 0 Å². The van der Waals surface area contributed by atoms with Crippen molar-refractivity contribution in [1.82, 2.24) is 0 Å². The molecule has 0 atom stereocenters. The van der Waals surface area contributed by atoms with Crippen LogP contribution in [-0.4, -0.2) is 0 Å². The molecular weight excluding hydrogens is 194 g/mol. The first-order chi connectivity index (χ1) is 7.30. The molecule has 1 rings (SSSR count). The topological polar surface area (TPSA) is 23.8 Å². The van der Waals surface area contributed by atoms with Crippen molar-refractivity contribution in [3.8, 4) is 6.07 Å². The third-order valence-electron chi connectivity index (χ3n) is 3.84. The maximum Gasteiger partial charge on any atom is 0.0669 e. The zero-order valence-corrected chi connectivity index (χ0v) is 11.0. The second-order valence-corrected chi connectivity index (χ2v) is 5.87. The predicted molar refractivity (Wildman–Crippen MR) is 68.2 cm³/mol. The maximum atomic E-state index is 8.86. The van der Waals surface area contributed by atoms with Crippen molar-refractivity contribution >= 4 is 0 Å². The third-order valence-corrected chi connectivity index (χ3v) is 3.84. The molecule has 0 aliphatic rings. The van der Waals surface area contributed by atoms with Crippen molar-refractivity contribution in [2.75, 3.05) is 0 Å². The molecule has 1 aromatic carbocycles. The van der Waals surface area contributed by atoms with Gasteiger partial charge in [-0.1, -0.05) is 58.9 Å². The number of rotatable bonds is 2. The quantitative estimate of drug-likeness (QED) is 0.729. The van der Waals surface area contributed by atoms with Crippen LogP contribution in [-0.2, 0) is 11.8 Å². The summed E-state index contributed by atoms with van der Waals surface area (Å²) in [6, 6.07) is 10.5. The molecular formula is C15H21N. The number of nitrogens with zero attached hydrogens (tertiary/aromatic N) is 1. The van der Waals surface area contributed by atoms with Gasteiger partial charge >= 0.3 is 0 Å². The Kier molecular flexibility index (Phi) is 3.43. The minimum atomic E-state index is 0.0699. The molecule has 0 aliphatic heterocycles. The van der Waals surface area contributed by atoms with E-state index < -0.39 is 0 Å². The van der Waals surface area contributed by atoms with E-state index in [4.69, 9.17) is 5.26 Å². The molecule has 1 heteroatoms. The molecule has 0 N–H and O–H groups in total. The van der Waals surface area contributed by atoms with Crippen LogP contribution in [0.3, 0.4) is 0 Å². The van der Waals surface area contributed by atoms with Gasteiger partial charge in [-0.15, -0.1) is 0 Å². The van der Waals surface area contributed by atoms with Crippen LogP contribution < -0.4 is 0 Å². The summed E-state index contributed by atoms with van der Waals surface area (Å²) < 4.78 is 0. The van der Waals surface area contributed by atoms with Gasteiger partial charge in [-0.3, -0.25) is 0 Å². The van der Waals surface area contributed by atoms with Crippen molar-refractivity contribution < 1.29 is 0 Å². The number of hydrogen-bond donors (Lipinski definition) is 0. The molecule has 0 aromatic heterocycles. The summed E-state index contributed by atoms with van der Waals surface area (Å²) in [5.74, 6) is 0. The Hall–Kier alpha value is -1.29. The molecule has 0 saturated heterocycles. The van der Waals surface area contributed by atoms with Gasteiger partial charge in [-0.05, 0) is 22.0 Å². The summed E-state index contributed by atoms with van der Waals surface area (Å²) in [6.07, 6.45) is 0.496. The number of hydrogen-bond acceptors (Lipinski definition) is 1. The summed E-state index contributed by atoms with van der Waals surface area (Å²) in [4.78, 5) is 0. The number of nitriles is 1. The Balaban J connectivity index is 3.28. The van der Waals surface area contributed by atoms with Crippen LogP contribution in [0.15, 0.2) is 24.3 Å². The summed E-state index contributed by atoms with van der Waals surface area (Å²) in [6.45, 7) is 11.2. The predicted octanol–water partition coefficient (Wildman–Crippen LogP) is 4.08. The molecule has 0 bridgehead atoms. The zero-order valence-electron chi connectivity index (χ0n) is 11.0. The van der Waals surface area contributed by atoms with E-state index >= 15 is 0 Å². The monoisotopic (exact) mass is 215 g/mol. The Labute approximate surface area is 99.1 Å². The molecule has 0 saturated carbocycles. The fourth-order valence-electron chi connectivity index (χ4n) is 1.77. The molecule has 0 unspecified atom stereocenters. The molecule has 0 heterocycles. The zero-order chi connectivity index (χ0) is 12.4. The van der Waals surface area contributed by atoms with Gasteiger partial charge in [0.05, 0.1) is 12.5 Å². The molecule has 16 heavy (non-hydrogen) atoms. The minimum absolute atomic E-state index is 0.0699. The summed E-state index contributed by atoms with van der Waals surface area (Å²) in [7, 11) is 0. The van der Waals surface area contributed by atoms with Gasteiger partial charge in [-0.2, -0.15) is 5.26 Å². The van der Waals surface area contributed by atoms with E-state index in [1.165, 1.54) is 5.56 Å². The van der Waals surface area contributed by atoms with Gasteiger partial charge in [0.1, 0.15) is 0 Å². The van der Waals surface area contributed by atoms with Crippen LogP contribution in [0, 0.1) is 16.7 Å². The van der Waals surface area contributed by atoms with E-state index in [0.717, 1.165) is 5.56 Å². The van der Waals surface area contributed by atoms with Crippen molar-refractivity contribution in [1.29, 1.82) is 5.26 Å². The van der Waals surface area contributed by atoms with Crippen molar-refractivity contribution in [3.05, 3.63) is 35.4 Å². The molecule has 86 valence electrons. The lowest BCUT2D eigenvalue weighted by molar-refractivity contribution is 0.224. The number of benzene rings is 1. The minimum Gasteiger partial charge on any atom is -0.198 e. The first-order valence-corrected chi connectivity index (χ1v) is 5.76. The Bertz CT molecular complexity index is 402. The molecule has 0 fully saturated rings. The van der Waals surface area contributed by atoms with Gasteiger partial charge in [0.2, 0.25) is 0 Å². The largest absolute Gasteiger partial charge is 0.198 e. The lowest BCUT2D eigenvalue weighted by Crippen LogP contribution is -2.34. The Morgan fingerprint density at radius 1 is 1.06 bits per heavy atom. The highest BCUT2D eigenvalue weighted by Crippen LogP contribution is 2.42. The van der Waals surface area contributed by atoms with Crippen LogP contribution in [0.25, 0.3) is 0 Å². The van der Waals surface area contributed by atoms with E-state index in [-0.39, 0.29) is 10.8 Å². The molecule has 1 aromatic rings. The lowest BCUT2D eigenvalue weighted by Gasteiger charge is -2.40. The normalized spacial score (nSPS) is 12.2. The molecule has 0 aliphatic carbocycles. The van der Waals surface area contributed by atoms with Crippen LogP contribution in [0.1, 0.15) is 45.7 Å². The summed E-state index contributed by atoms with van der Waals surface area (Å²) in [5, 5.41) is 8.86. The maximum absolute atomic E-state index is 8.86. The van der Waals surface area contributed by atoms with Gasteiger partial charge < -0.3 is 0 Å². The van der Waals surface area contributed by atoms with Crippen molar-refractivity contribution in [3.63, 3.8) is 0 Å². The SMILES string of the molecule is CC(C)(C)C(C)(C)c1ccccc1CC#N. The van der Waals surface area contributed by atoms with Crippen LogP contribution in [0.5, 0.6) is 0 Å². The standard InChI is InChI=1S/C15H21N/c1-14(2,3)15(4,5)13-9-7-6-8-12(13)10-11-16/h6-9H,10H2,1-5H3. The summed E-state index contributed by atoms with van der Waals surface area (Å²) >= 11 is 0. The highest BCUT2D eigenvalue weighted by Gasteiger charge is 2.35. The third kappa shape index (κ3) is 2.27. The smallest absolute Gasteiger partial charge is 0.0669 e. The van der Waals surface area contributed by atoms with Crippen LogP contribution in [0.4, 0.5) is 0 Å².